The predicted molar refractivity (Wildman–Crippen MR) is 119 cm³/mol. The maximum Gasteiger partial charge on any atom is 0.255 e. The largest absolute Gasteiger partial charge is 0.457 e. The van der Waals surface area contributed by atoms with E-state index in [1.165, 1.54) is 0 Å². The zero-order valence-electron chi connectivity index (χ0n) is 16.1. The lowest BCUT2D eigenvalue weighted by Gasteiger charge is -2.12. The summed E-state index contributed by atoms with van der Waals surface area (Å²) in [6.07, 6.45) is 5.70. The van der Waals surface area contributed by atoms with Gasteiger partial charge in [0, 0.05) is 35.5 Å². The first-order chi connectivity index (χ1) is 14.8. The Balaban J connectivity index is 1.33. The fourth-order valence-corrected chi connectivity index (χ4v) is 4.81. The van der Waals surface area contributed by atoms with Crippen LogP contribution in [-0.4, -0.2) is 15.5 Å². The first-order valence-electron chi connectivity index (χ1n) is 9.63. The number of rotatable bonds is 5. The van der Waals surface area contributed by atoms with Gasteiger partial charge >= 0.3 is 0 Å². The fraction of sp³-hybridized carbons (Fsp3) is 0.0833. The molecule has 0 spiro atoms. The van der Waals surface area contributed by atoms with Gasteiger partial charge in [-0.05, 0) is 42.5 Å². The van der Waals surface area contributed by atoms with Crippen LogP contribution in [0.25, 0.3) is 0 Å². The lowest BCUT2D eigenvalue weighted by Crippen LogP contribution is -2.12. The molecule has 5 rings (SSSR count). The van der Waals surface area contributed by atoms with Crippen molar-refractivity contribution in [1.82, 2.24) is 9.55 Å². The molecule has 0 fully saturated rings. The van der Waals surface area contributed by atoms with E-state index in [-0.39, 0.29) is 11.3 Å². The monoisotopic (exact) mass is 413 g/mol. The van der Waals surface area contributed by atoms with Gasteiger partial charge in [0.05, 0.1) is 11.4 Å². The van der Waals surface area contributed by atoms with Crippen molar-refractivity contribution < 1.29 is 9.53 Å². The average Bonchev–Trinajstić information content (AvgIpc) is 3.38. The number of carbonyl (C=O) groups is 1. The Bertz CT molecular complexity index is 1180. The number of amides is 1. The van der Waals surface area contributed by atoms with Gasteiger partial charge in [-0.1, -0.05) is 30.3 Å². The summed E-state index contributed by atoms with van der Waals surface area (Å²) >= 11 is 1.82. The molecular formula is C24H19N3O2S. The van der Waals surface area contributed by atoms with Crippen LogP contribution in [0, 0.1) is 0 Å². The molecule has 1 aliphatic rings. The Morgan fingerprint density at radius 3 is 2.73 bits per heavy atom. The molecule has 2 aromatic carbocycles. The summed E-state index contributed by atoms with van der Waals surface area (Å²) in [5.74, 6) is 2.04. The van der Waals surface area contributed by atoms with Gasteiger partial charge in [-0.2, -0.15) is 0 Å². The Labute approximate surface area is 178 Å². The molecule has 1 amide bonds. The second-order valence-electron chi connectivity index (χ2n) is 6.93. The van der Waals surface area contributed by atoms with Gasteiger partial charge in [0.1, 0.15) is 16.9 Å². The number of carbonyl (C=O) groups excluding carboxylic acids is 1. The van der Waals surface area contributed by atoms with Crippen LogP contribution >= 0.6 is 11.8 Å². The molecule has 2 aromatic heterocycles. The van der Waals surface area contributed by atoms with E-state index in [9.17, 15) is 4.79 Å². The molecule has 4 aromatic rings. The van der Waals surface area contributed by atoms with Crippen molar-refractivity contribution in [2.24, 2.45) is 0 Å². The minimum atomic E-state index is -0.155. The summed E-state index contributed by atoms with van der Waals surface area (Å²) in [5, 5.41) is 3.24. The van der Waals surface area contributed by atoms with Gasteiger partial charge in [-0.25, -0.2) is 0 Å². The maximum absolute atomic E-state index is 12.9. The molecule has 0 bridgehead atoms. The number of pyridine rings is 1. The van der Waals surface area contributed by atoms with Crippen LogP contribution in [0.1, 0.15) is 27.0 Å². The summed E-state index contributed by atoms with van der Waals surface area (Å²) in [5.41, 5.74) is 3.66. The van der Waals surface area contributed by atoms with Crippen molar-refractivity contribution >= 4 is 23.4 Å². The van der Waals surface area contributed by atoms with E-state index < -0.39 is 0 Å². The molecule has 0 saturated heterocycles. The van der Waals surface area contributed by atoms with Gasteiger partial charge in [-0.3, -0.25) is 9.78 Å². The normalized spacial score (nSPS) is 14.9. The smallest absolute Gasteiger partial charge is 0.255 e. The number of benzene rings is 2. The van der Waals surface area contributed by atoms with Crippen LogP contribution in [0.5, 0.6) is 11.5 Å². The van der Waals surface area contributed by atoms with Gasteiger partial charge in [0.2, 0.25) is 0 Å². The summed E-state index contributed by atoms with van der Waals surface area (Å²) in [6, 6.07) is 22.7. The van der Waals surface area contributed by atoms with Gasteiger partial charge in [-0.15, -0.1) is 11.8 Å². The molecule has 0 radical (unpaired) electrons. The number of fused-ring (bicyclic) bond motifs is 1. The lowest BCUT2D eigenvalue weighted by atomic mass is 10.2. The highest BCUT2D eigenvalue weighted by Crippen LogP contribution is 2.43. The SMILES string of the molecule is O=C(Nc1ccn2c1CS[C@@H]2c1cccnc1)c1cccc(Oc2ccccc2)c1. The standard InChI is InChI=1S/C24H19N3O2S/c28-23(17-6-4-10-20(14-17)29-19-8-2-1-3-9-19)26-21-11-13-27-22(21)16-30-24(27)18-7-5-12-25-15-18/h1-15,24H,16H2,(H,26,28)/t24-/m1/s1. The number of thioether (sulfide) groups is 1. The first-order valence-corrected chi connectivity index (χ1v) is 10.7. The highest BCUT2D eigenvalue weighted by atomic mass is 32.2. The van der Waals surface area contributed by atoms with Crippen molar-refractivity contribution in [1.29, 1.82) is 0 Å². The van der Waals surface area contributed by atoms with Crippen LogP contribution in [0.2, 0.25) is 0 Å². The first kappa shape index (κ1) is 18.5. The molecule has 3 heterocycles. The van der Waals surface area contributed by atoms with Crippen LogP contribution in [0.15, 0.2) is 91.4 Å². The minimum absolute atomic E-state index is 0.155. The number of anilines is 1. The van der Waals surface area contributed by atoms with E-state index in [1.54, 1.807) is 18.3 Å². The third-order valence-corrected chi connectivity index (χ3v) is 6.20. The lowest BCUT2D eigenvalue weighted by molar-refractivity contribution is 0.102. The van der Waals surface area contributed by atoms with Crippen LogP contribution in [-0.2, 0) is 5.75 Å². The van der Waals surface area contributed by atoms with Gasteiger partial charge in [0.25, 0.3) is 5.91 Å². The van der Waals surface area contributed by atoms with Crippen LogP contribution in [0.3, 0.4) is 0 Å². The molecule has 30 heavy (non-hydrogen) atoms. The quantitative estimate of drug-likeness (QED) is 0.455. The molecule has 1 N–H and O–H groups in total. The molecule has 1 atom stereocenters. The summed E-state index contributed by atoms with van der Waals surface area (Å²) in [7, 11) is 0. The fourth-order valence-electron chi connectivity index (χ4n) is 3.50. The van der Waals surface area contributed by atoms with Crippen molar-refractivity contribution in [3.63, 3.8) is 0 Å². The molecular weight excluding hydrogens is 394 g/mol. The molecule has 148 valence electrons. The van der Waals surface area contributed by atoms with Crippen molar-refractivity contribution in [3.8, 4) is 11.5 Å². The van der Waals surface area contributed by atoms with Crippen molar-refractivity contribution in [3.05, 3.63) is 108 Å². The Morgan fingerprint density at radius 2 is 1.90 bits per heavy atom. The number of aromatic nitrogens is 2. The zero-order chi connectivity index (χ0) is 20.3. The number of nitrogens with zero attached hydrogens (tertiary/aromatic N) is 2. The van der Waals surface area contributed by atoms with Gasteiger partial charge in [0.15, 0.2) is 0 Å². The Morgan fingerprint density at radius 1 is 1.03 bits per heavy atom. The topological polar surface area (TPSA) is 56.2 Å². The second-order valence-corrected chi connectivity index (χ2v) is 8.00. The maximum atomic E-state index is 12.9. The van der Waals surface area contributed by atoms with Crippen LogP contribution in [0.4, 0.5) is 5.69 Å². The number of hydrogen-bond acceptors (Lipinski definition) is 4. The van der Waals surface area contributed by atoms with E-state index in [1.807, 2.05) is 78.8 Å². The second kappa shape index (κ2) is 8.08. The Hall–Kier alpha value is -3.51. The number of ether oxygens (including phenoxy) is 1. The predicted octanol–water partition coefficient (Wildman–Crippen LogP) is 5.72. The molecule has 5 nitrogen and oxygen atoms in total. The zero-order valence-corrected chi connectivity index (χ0v) is 16.9. The van der Waals surface area contributed by atoms with Crippen molar-refractivity contribution in [2.45, 2.75) is 11.1 Å². The van der Waals surface area contributed by atoms with Gasteiger partial charge < -0.3 is 14.6 Å². The van der Waals surface area contributed by atoms with Crippen LogP contribution < -0.4 is 10.1 Å². The summed E-state index contributed by atoms with van der Waals surface area (Å²) < 4.78 is 8.05. The number of para-hydroxylation sites is 1. The van der Waals surface area contributed by atoms with Crippen molar-refractivity contribution in [2.75, 3.05) is 5.32 Å². The molecule has 0 aliphatic carbocycles. The van der Waals surface area contributed by atoms with E-state index >= 15 is 0 Å². The highest BCUT2D eigenvalue weighted by molar-refractivity contribution is 7.99. The summed E-state index contributed by atoms with van der Waals surface area (Å²) in [4.78, 5) is 17.1. The van der Waals surface area contributed by atoms with E-state index in [0.717, 1.165) is 28.4 Å². The van der Waals surface area contributed by atoms with E-state index in [4.69, 9.17) is 4.74 Å². The molecule has 1 aliphatic heterocycles. The average molecular weight is 414 g/mol. The molecule has 6 heteroatoms. The summed E-state index contributed by atoms with van der Waals surface area (Å²) in [6.45, 7) is 0. The van der Waals surface area contributed by atoms with E-state index in [2.05, 4.69) is 20.9 Å². The highest BCUT2D eigenvalue weighted by Gasteiger charge is 2.27. The third kappa shape index (κ3) is 3.69. The molecule has 0 saturated carbocycles. The minimum Gasteiger partial charge on any atom is -0.457 e. The Kier molecular flexibility index (Phi) is 4.99. The molecule has 0 unspecified atom stereocenters. The number of nitrogens with one attached hydrogen (secondary N) is 1. The third-order valence-electron chi connectivity index (χ3n) is 4.95. The number of hydrogen-bond donors (Lipinski definition) is 1. The van der Waals surface area contributed by atoms with E-state index in [0.29, 0.717) is 11.3 Å².